The highest BCUT2D eigenvalue weighted by atomic mass is 15.0. The van der Waals surface area contributed by atoms with E-state index in [0.29, 0.717) is 0 Å². The van der Waals surface area contributed by atoms with Crippen LogP contribution in [-0.4, -0.2) is 4.57 Å². The zero-order chi connectivity index (χ0) is 29.1. The molecule has 0 atom stereocenters. The molecule has 0 unspecified atom stereocenters. The van der Waals surface area contributed by atoms with Gasteiger partial charge in [0.05, 0.1) is 11.0 Å². The fraction of sp³-hybridized carbons (Fsp3) is 0.190. The lowest BCUT2D eigenvalue weighted by Gasteiger charge is -2.32. The van der Waals surface area contributed by atoms with Crippen molar-refractivity contribution in [2.24, 2.45) is 0 Å². The second-order valence-electron chi connectivity index (χ2n) is 12.4. The number of hydrogen-bond donors (Lipinski definition) is 0. The molecule has 43 heavy (non-hydrogen) atoms. The number of hydrogen-bond acceptors (Lipinski definition) is 0. The smallest absolute Gasteiger partial charge is 0.0541 e. The van der Waals surface area contributed by atoms with Crippen molar-refractivity contribution in [3.05, 3.63) is 138 Å². The molecule has 1 aliphatic carbocycles. The number of benzene rings is 6. The first-order valence-electron chi connectivity index (χ1n) is 15.9. The summed E-state index contributed by atoms with van der Waals surface area (Å²) in [6.07, 6.45) is 4.68. The Balaban J connectivity index is 1.44. The van der Waals surface area contributed by atoms with E-state index in [0.717, 1.165) is 0 Å². The highest BCUT2D eigenvalue weighted by Crippen LogP contribution is 2.57. The molecule has 6 aromatic carbocycles. The van der Waals surface area contributed by atoms with Gasteiger partial charge in [0.25, 0.3) is 0 Å². The molecule has 0 N–H and O–H groups in total. The number of fused-ring (bicyclic) bond motifs is 8. The van der Waals surface area contributed by atoms with Crippen molar-refractivity contribution >= 4 is 32.6 Å². The number of aromatic nitrogens is 1. The Bertz CT molecular complexity index is 2160. The monoisotopic (exact) mass is 555 g/mol. The Labute approximate surface area is 254 Å². The van der Waals surface area contributed by atoms with Gasteiger partial charge in [0.1, 0.15) is 0 Å². The third-order valence-corrected chi connectivity index (χ3v) is 9.87. The molecule has 0 aliphatic heterocycles. The maximum Gasteiger partial charge on any atom is 0.0541 e. The van der Waals surface area contributed by atoms with E-state index in [1.54, 1.807) is 0 Å². The van der Waals surface area contributed by atoms with E-state index < -0.39 is 0 Å². The van der Waals surface area contributed by atoms with Gasteiger partial charge in [-0.05, 0) is 100 Å². The van der Waals surface area contributed by atoms with E-state index in [1.165, 1.54) is 103 Å². The molecular weight excluding hydrogens is 518 g/mol. The average molecular weight is 556 g/mol. The van der Waals surface area contributed by atoms with E-state index in [2.05, 4.69) is 147 Å². The van der Waals surface area contributed by atoms with Gasteiger partial charge in [-0.2, -0.15) is 0 Å². The fourth-order valence-corrected chi connectivity index (χ4v) is 8.21. The summed E-state index contributed by atoms with van der Waals surface area (Å²) in [5, 5.41) is 5.31. The molecule has 0 radical (unpaired) electrons. The minimum Gasteiger partial charge on any atom is -0.309 e. The van der Waals surface area contributed by atoms with Gasteiger partial charge in [-0.1, -0.05) is 117 Å². The fourth-order valence-electron chi connectivity index (χ4n) is 8.21. The quantitative estimate of drug-likeness (QED) is 0.192. The summed E-state index contributed by atoms with van der Waals surface area (Å²) in [6.45, 7) is 6.95. The van der Waals surface area contributed by atoms with Crippen LogP contribution in [0.2, 0.25) is 0 Å². The zero-order valence-electron chi connectivity index (χ0n) is 25.3. The van der Waals surface area contributed by atoms with Crippen molar-refractivity contribution in [1.29, 1.82) is 0 Å². The van der Waals surface area contributed by atoms with Crippen molar-refractivity contribution in [2.75, 3.05) is 0 Å². The van der Waals surface area contributed by atoms with Crippen molar-refractivity contribution in [3.8, 4) is 27.9 Å². The van der Waals surface area contributed by atoms with Crippen LogP contribution in [0.5, 0.6) is 0 Å². The highest BCUT2D eigenvalue weighted by molar-refractivity contribution is 6.13. The number of rotatable bonds is 6. The van der Waals surface area contributed by atoms with Crippen molar-refractivity contribution in [2.45, 2.75) is 51.9 Å². The molecule has 0 fully saturated rings. The van der Waals surface area contributed by atoms with Crippen molar-refractivity contribution in [3.63, 3.8) is 0 Å². The maximum absolute atomic E-state index is 2.58. The van der Waals surface area contributed by atoms with Crippen LogP contribution in [0.3, 0.4) is 0 Å². The number of nitrogens with zero attached hydrogens (tertiary/aromatic N) is 1. The molecule has 1 aliphatic rings. The van der Waals surface area contributed by atoms with Crippen LogP contribution in [0.1, 0.15) is 56.2 Å². The third kappa shape index (κ3) is 3.77. The van der Waals surface area contributed by atoms with Crippen LogP contribution >= 0.6 is 0 Å². The molecule has 1 nitrogen and oxygen atoms in total. The largest absolute Gasteiger partial charge is 0.309 e. The Morgan fingerprint density at radius 1 is 0.535 bits per heavy atom. The number of para-hydroxylation sites is 2. The van der Waals surface area contributed by atoms with Crippen LogP contribution < -0.4 is 0 Å². The Hall–Kier alpha value is -4.62. The zero-order valence-corrected chi connectivity index (χ0v) is 25.3. The predicted octanol–water partition coefficient (Wildman–Crippen LogP) is 11.8. The van der Waals surface area contributed by atoms with E-state index in [4.69, 9.17) is 0 Å². The maximum atomic E-state index is 2.58. The SMILES string of the molecule is CCCC1(CCC)c2cc(C)ccc2-c2c1cc(-c1ccc3c(c1)c1ccccc1n3-c1ccccc1)c1ccccc21. The molecule has 1 aromatic heterocycles. The minimum absolute atomic E-state index is 0.0480. The summed E-state index contributed by atoms with van der Waals surface area (Å²) in [4.78, 5) is 0. The molecule has 0 saturated carbocycles. The van der Waals surface area contributed by atoms with Crippen molar-refractivity contribution in [1.82, 2.24) is 4.57 Å². The van der Waals surface area contributed by atoms with E-state index in [-0.39, 0.29) is 5.41 Å². The van der Waals surface area contributed by atoms with Gasteiger partial charge in [-0.3, -0.25) is 0 Å². The summed E-state index contributed by atoms with van der Waals surface area (Å²) in [7, 11) is 0. The lowest BCUT2D eigenvalue weighted by Crippen LogP contribution is -2.25. The molecule has 0 bridgehead atoms. The first-order valence-corrected chi connectivity index (χ1v) is 15.9. The van der Waals surface area contributed by atoms with E-state index in [1.807, 2.05) is 0 Å². The summed E-state index contributed by atoms with van der Waals surface area (Å²) >= 11 is 0. The predicted molar refractivity (Wildman–Crippen MR) is 184 cm³/mol. The van der Waals surface area contributed by atoms with E-state index in [9.17, 15) is 0 Å². The van der Waals surface area contributed by atoms with Crippen molar-refractivity contribution < 1.29 is 0 Å². The molecule has 210 valence electrons. The second-order valence-corrected chi connectivity index (χ2v) is 12.4. The lowest BCUT2D eigenvalue weighted by atomic mass is 9.70. The minimum atomic E-state index is 0.0480. The first kappa shape index (κ1) is 26.0. The first-order chi connectivity index (χ1) is 21.1. The van der Waals surface area contributed by atoms with Crippen LogP contribution in [0.4, 0.5) is 0 Å². The Kier molecular flexibility index (Phi) is 6.05. The number of aryl methyl sites for hydroxylation is 1. The molecule has 1 heteroatoms. The topological polar surface area (TPSA) is 4.93 Å². The van der Waals surface area contributed by atoms with Gasteiger partial charge in [0.2, 0.25) is 0 Å². The Morgan fingerprint density at radius 2 is 1.21 bits per heavy atom. The summed E-state index contributed by atoms with van der Waals surface area (Å²) in [6, 6.07) is 45.6. The summed E-state index contributed by atoms with van der Waals surface area (Å²) in [5.74, 6) is 0. The van der Waals surface area contributed by atoms with Gasteiger partial charge in [-0.25, -0.2) is 0 Å². The average Bonchev–Trinajstić information content (AvgIpc) is 3.51. The molecule has 7 aromatic rings. The van der Waals surface area contributed by atoms with Crippen LogP contribution in [0.25, 0.3) is 60.5 Å². The molecular formula is C42H37N. The van der Waals surface area contributed by atoms with E-state index >= 15 is 0 Å². The third-order valence-electron chi connectivity index (χ3n) is 9.87. The van der Waals surface area contributed by atoms with Crippen LogP contribution in [0, 0.1) is 6.92 Å². The lowest BCUT2D eigenvalue weighted by molar-refractivity contribution is 0.436. The van der Waals surface area contributed by atoms with Gasteiger partial charge in [0.15, 0.2) is 0 Å². The van der Waals surface area contributed by atoms with Crippen LogP contribution in [0.15, 0.2) is 121 Å². The Morgan fingerprint density at radius 3 is 1.98 bits per heavy atom. The second kappa shape index (κ2) is 9.99. The standard InChI is InChI=1S/C42H37N/c1-4-23-42(24-5-2)37-25-28(3)19-21-34(37)41-33-17-10-9-15-31(33)35(27-38(41)42)29-20-22-40-36(26-29)32-16-11-12-18-39(32)43(40)30-13-7-6-8-14-30/h6-22,25-27H,4-5,23-24H2,1-3H3. The summed E-state index contributed by atoms with van der Waals surface area (Å²) < 4.78 is 2.40. The highest BCUT2D eigenvalue weighted by Gasteiger charge is 2.43. The van der Waals surface area contributed by atoms with Gasteiger partial charge < -0.3 is 4.57 Å². The van der Waals surface area contributed by atoms with Gasteiger partial charge in [0, 0.05) is 21.9 Å². The van der Waals surface area contributed by atoms with Gasteiger partial charge in [-0.15, -0.1) is 0 Å². The molecule has 8 rings (SSSR count). The molecule has 0 spiro atoms. The normalized spacial score (nSPS) is 13.6. The molecule has 0 saturated heterocycles. The molecule has 1 heterocycles. The van der Waals surface area contributed by atoms with Gasteiger partial charge >= 0.3 is 0 Å². The summed E-state index contributed by atoms with van der Waals surface area (Å²) in [5.41, 5.74) is 13.7. The molecule has 0 amide bonds. The van der Waals surface area contributed by atoms with Crippen LogP contribution in [-0.2, 0) is 5.41 Å².